The predicted molar refractivity (Wildman–Crippen MR) is 150 cm³/mol. The SMILES string of the molecule is OC[C@H]1O[C@@H]([Se][C@@H]2O[C@H](CO)[C@H](O)[C@H](n3cc(-c4cccc(F)c4)nn3)[C@H]2O)[C@H](O)[C@@H](n2cc(-c3cccc(F)c3)nn2)[C@H]1O. The summed E-state index contributed by atoms with van der Waals surface area (Å²) in [5, 5.41) is 78.8. The second kappa shape index (κ2) is 13.3. The molecule has 0 unspecified atom stereocenters. The molecule has 2 fully saturated rings. The number of nitrogens with zero attached hydrogens (tertiary/aromatic N) is 6. The Bertz CT molecular complexity index is 1500. The van der Waals surface area contributed by atoms with E-state index in [0.29, 0.717) is 11.1 Å². The van der Waals surface area contributed by atoms with E-state index >= 15 is 0 Å². The molecule has 2 aromatic carbocycles. The Labute approximate surface area is 260 Å². The molecule has 2 aliphatic heterocycles. The minimum atomic E-state index is -1.44. The van der Waals surface area contributed by atoms with E-state index in [1.807, 2.05) is 0 Å². The average Bonchev–Trinajstić information content (AvgIpc) is 3.71. The molecule has 0 spiro atoms. The monoisotopic (exact) mass is 696 g/mol. The maximum atomic E-state index is 13.8. The van der Waals surface area contributed by atoms with Gasteiger partial charge in [-0.05, 0) is 0 Å². The van der Waals surface area contributed by atoms with Crippen molar-refractivity contribution < 1.29 is 48.9 Å². The number of ether oxygens (including phenoxy) is 2. The van der Waals surface area contributed by atoms with Gasteiger partial charge in [0, 0.05) is 0 Å². The fraction of sp³-hybridized carbons (Fsp3) is 0.429. The van der Waals surface area contributed by atoms with Crippen LogP contribution in [0.25, 0.3) is 22.5 Å². The topological polar surface area (TPSA) is 201 Å². The van der Waals surface area contributed by atoms with Crippen LogP contribution in [-0.4, -0.2) is 135 Å². The van der Waals surface area contributed by atoms with Gasteiger partial charge in [-0.25, -0.2) is 0 Å². The molecule has 45 heavy (non-hydrogen) atoms. The van der Waals surface area contributed by atoms with Crippen molar-refractivity contribution in [2.75, 3.05) is 13.2 Å². The zero-order valence-electron chi connectivity index (χ0n) is 23.3. The van der Waals surface area contributed by atoms with Crippen molar-refractivity contribution in [3.8, 4) is 22.5 Å². The molecule has 0 bridgehead atoms. The van der Waals surface area contributed by atoms with Crippen molar-refractivity contribution in [2.45, 2.75) is 58.7 Å². The summed E-state index contributed by atoms with van der Waals surface area (Å²) in [6.07, 6.45) is -5.19. The van der Waals surface area contributed by atoms with Crippen LogP contribution in [0, 0.1) is 11.6 Å². The van der Waals surface area contributed by atoms with Crippen molar-refractivity contribution in [3.05, 3.63) is 72.6 Å². The first kappa shape index (κ1) is 31.7. The van der Waals surface area contributed by atoms with E-state index in [4.69, 9.17) is 9.47 Å². The van der Waals surface area contributed by atoms with Crippen molar-refractivity contribution in [3.63, 3.8) is 0 Å². The van der Waals surface area contributed by atoms with Crippen LogP contribution in [0.2, 0.25) is 0 Å². The number of hydrogen-bond acceptors (Lipinski definition) is 12. The molecule has 0 aliphatic carbocycles. The summed E-state index contributed by atoms with van der Waals surface area (Å²) in [5.74, 6) is -0.967. The van der Waals surface area contributed by atoms with Crippen molar-refractivity contribution in [1.82, 2.24) is 30.0 Å². The third-order valence-corrected chi connectivity index (χ3v) is 10.6. The van der Waals surface area contributed by atoms with E-state index in [1.54, 1.807) is 12.1 Å². The summed E-state index contributed by atoms with van der Waals surface area (Å²) in [6.45, 7) is -1.22. The van der Waals surface area contributed by atoms with Crippen LogP contribution in [-0.2, 0) is 9.47 Å². The summed E-state index contributed by atoms with van der Waals surface area (Å²) in [6, 6.07) is 9.01. The first-order valence-electron chi connectivity index (χ1n) is 13.9. The first-order valence-corrected chi connectivity index (χ1v) is 15.9. The molecule has 4 aromatic rings. The molecule has 240 valence electrons. The number of aliphatic hydroxyl groups is 6. The Morgan fingerprint density at radius 3 is 1.47 bits per heavy atom. The molecule has 0 saturated carbocycles. The number of aromatic nitrogens is 6. The molecule has 2 aliphatic rings. The van der Waals surface area contributed by atoms with Gasteiger partial charge in [0.2, 0.25) is 0 Å². The molecule has 0 amide bonds. The van der Waals surface area contributed by atoms with Crippen molar-refractivity contribution in [1.29, 1.82) is 0 Å². The van der Waals surface area contributed by atoms with Crippen LogP contribution in [0.15, 0.2) is 60.9 Å². The van der Waals surface area contributed by atoms with Gasteiger partial charge >= 0.3 is 261 Å². The fourth-order valence-electron chi connectivity index (χ4n) is 5.52. The second-order valence-electron chi connectivity index (χ2n) is 10.7. The normalized spacial score (nSPS) is 32.1. The van der Waals surface area contributed by atoms with E-state index in [2.05, 4.69) is 20.6 Å². The minimum absolute atomic E-state index is 0.280. The summed E-state index contributed by atoms with van der Waals surface area (Å²) >= 11 is -0.964. The van der Waals surface area contributed by atoms with Gasteiger partial charge in [-0.1, -0.05) is 0 Å². The van der Waals surface area contributed by atoms with Crippen LogP contribution < -0.4 is 0 Å². The van der Waals surface area contributed by atoms with Crippen LogP contribution in [0.5, 0.6) is 0 Å². The number of hydrogen-bond donors (Lipinski definition) is 6. The number of aliphatic hydroxyl groups excluding tert-OH is 6. The van der Waals surface area contributed by atoms with Gasteiger partial charge in [0.05, 0.1) is 0 Å². The summed E-state index contributed by atoms with van der Waals surface area (Å²) in [4.78, 5) is 0. The van der Waals surface area contributed by atoms with E-state index in [1.165, 1.54) is 58.2 Å². The zero-order valence-corrected chi connectivity index (χ0v) is 25.0. The van der Waals surface area contributed by atoms with Gasteiger partial charge < -0.3 is 0 Å². The van der Waals surface area contributed by atoms with Crippen LogP contribution in [0.3, 0.4) is 0 Å². The second-order valence-corrected chi connectivity index (χ2v) is 13.2. The maximum absolute atomic E-state index is 13.8. The Morgan fingerprint density at radius 1 is 0.667 bits per heavy atom. The average molecular weight is 696 g/mol. The van der Waals surface area contributed by atoms with Crippen LogP contribution in [0.4, 0.5) is 8.78 Å². The molecular weight excluding hydrogens is 665 g/mol. The Hall–Kier alpha value is -3.22. The number of benzene rings is 2. The zero-order chi connectivity index (χ0) is 31.8. The van der Waals surface area contributed by atoms with Gasteiger partial charge in [-0.2, -0.15) is 0 Å². The van der Waals surface area contributed by atoms with Crippen LogP contribution in [0.1, 0.15) is 12.1 Å². The Morgan fingerprint density at radius 2 is 1.09 bits per heavy atom. The number of halogens is 2. The van der Waals surface area contributed by atoms with E-state index < -0.39 is 98.5 Å². The van der Waals surface area contributed by atoms with Gasteiger partial charge in [0.25, 0.3) is 0 Å². The fourth-order valence-corrected chi connectivity index (χ4v) is 8.30. The molecule has 0 radical (unpaired) electrons. The van der Waals surface area contributed by atoms with Gasteiger partial charge in [-0.15, -0.1) is 0 Å². The number of rotatable bonds is 8. The van der Waals surface area contributed by atoms with Gasteiger partial charge in [0.1, 0.15) is 0 Å². The molecular formula is C28H30F2N6O8Se. The summed E-state index contributed by atoms with van der Waals surface area (Å²) < 4.78 is 41.7. The van der Waals surface area contributed by atoms with Gasteiger partial charge in [0.15, 0.2) is 0 Å². The molecule has 2 saturated heterocycles. The van der Waals surface area contributed by atoms with E-state index in [-0.39, 0.29) is 11.4 Å². The van der Waals surface area contributed by atoms with Gasteiger partial charge in [-0.3, -0.25) is 0 Å². The van der Waals surface area contributed by atoms with E-state index in [0.717, 1.165) is 0 Å². The Kier molecular flexibility index (Phi) is 9.35. The third-order valence-electron chi connectivity index (χ3n) is 7.84. The summed E-state index contributed by atoms with van der Waals surface area (Å²) in [5.41, 5.74) is 1.40. The molecule has 4 heterocycles. The molecule has 14 nitrogen and oxygen atoms in total. The molecule has 17 heteroatoms. The Balaban J connectivity index is 1.25. The van der Waals surface area contributed by atoms with Crippen LogP contribution >= 0.6 is 0 Å². The first-order chi connectivity index (χ1) is 21.7. The van der Waals surface area contributed by atoms with E-state index in [9.17, 15) is 39.4 Å². The molecule has 10 atom stereocenters. The summed E-state index contributed by atoms with van der Waals surface area (Å²) in [7, 11) is 0. The predicted octanol–water partition coefficient (Wildman–Crippen LogP) is -1.15. The molecule has 6 rings (SSSR count). The van der Waals surface area contributed by atoms with Crippen molar-refractivity contribution >= 4 is 15.0 Å². The molecule has 6 N–H and O–H groups in total. The molecule has 2 aromatic heterocycles. The standard InChI is InChI=1S/C28H30F2N6O8Se/c29-15-5-1-3-13(7-15)17-9-35(33-31-17)21-23(39)19(11-37)43-27(25(21)41)45-28-26(42)22(24(40)20(12-38)44-28)36-10-18(32-34-36)14-4-2-6-16(30)8-14/h1-10,19-28,37-42H,11-12H2/t19-,20-,21+,22+,23+,24+,25-,26-,27+,28+/m1/s1. The third kappa shape index (κ3) is 6.29. The quantitative estimate of drug-likeness (QED) is 0.121. The van der Waals surface area contributed by atoms with Crippen molar-refractivity contribution in [2.24, 2.45) is 0 Å².